The molecule has 0 aliphatic heterocycles. The summed E-state index contributed by atoms with van der Waals surface area (Å²) >= 11 is 1.48. The summed E-state index contributed by atoms with van der Waals surface area (Å²) in [4.78, 5) is 6.60. The van der Waals surface area contributed by atoms with Crippen molar-refractivity contribution in [2.45, 2.75) is 45.1 Å². The van der Waals surface area contributed by atoms with Crippen LogP contribution >= 0.6 is 35.3 Å². The Morgan fingerprint density at radius 2 is 1.92 bits per heavy atom. The highest BCUT2D eigenvalue weighted by Gasteiger charge is 2.18. The number of aryl methyl sites for hydroxylation is 2. The zero-order valence-electron chi connectivity index (χ0n) is 16.3. The number of aliphatic imine (C=N–C) groups is 1. The Hall–Kier alpha value is -0.430. The van der Waals surface area contributed by atoms with Crippen LogP contribution in [0, 0.1) is 13.8 Å². The minimum Gasteiger partial charge on any atom is -0.377 e. The molecular formula is C16H31IN4O3S2. The fourth-order valence-corrected chi connectivity index (χ4v) is 4.58. The van der Waals surface area contributed by atoms with Gasteiger partial charge in [-0.1, -0.05) is 0 Å². The Morgan fingerprint density at radius 1 is 1.27 bits per heavy atom. The van der Waals surface area contributed by atoms with Crippen molar-refractivity contribution in [1.29, 1.82) is 0 Å². The van der Waals surface area contributed by atoms with E-state index < -0.39 is 10.0 Å². The summed E-state index contributed by atoms with van der Waals surface area (Å²) in [6, 6.07) is 1.70. The summed E-state index contributed by atoms with van der Waals surface area (Å²) in [6.45, 7) is 11.5. The second-order valence-electron chi connectivity index (χ2n) is 6.26. The Bertz CT molecular complexity index is 688. The predicted octanol–water partition coefficient (Wildman–Crippen LogP) is 2.24. The molecule has 0 bridgehead atoms. The molecule has 0 aliphatic carbocycles. The SMILES string of the molecule is CCNC(=NCC(C)(C)OC)NCCNS(=O)(=O)c1cc(C)sc1C.I. The van der Waals surface area contributed by atoms with Gasteiger partial charge in [0, 0.05) is 36.5 Å². The molecule has 0 atom stereocenters. The normalized spacial score (nSPS) is 12.6. The third-order valence-corrected chi connectivity index (χ3v) is 6.19. The van der Waals surface area contributed by atoms with E-state index in [1.54, 1.807) is 13.2 Å². The number of hydrogen-bond acceptors (Lipinski definition) is 5. The molecule has 0 amide bonds. The fourth-order valence-electron chi connectivity index (χ4n) is 1.99. The predicted molar refractivity (Wildman–Crippen MR) is 119 cm³/mol. The maximum Gasteiger partial charge on any atom is 0.241 e. The van der Waals surface area contributed by atoms with Crippen LogP contribution in [0.25, 0.3) is 0 Å². The van der Waals surface area contributed by atoms with Gasteiger partial charge in [0.15, 0.2) is 5.96 Å². The lowest BCUT2D eigenvalue weighted by molar-refractivity contribution is 0.0310. The first-order valence-electron chi connectivity index (χ1n) is 8.25. The molecule has 0 saturated heterocycles. The zero-order valence-corrected chi connectivity index (χ0v) is 20.3. The Labute approximate surface area is 178 Å². The molecule has 0 spiro atoms. The van der Waals surface area contributed by atoms with Gasteiger partial charge in [0.25, 0.3) is 0 Å². The van der Waals surface area contributed by atoms with E-state index in [0.717, 1.165) is 16.3 Å². The van der Waals surface area contributed by atoms with Crippen molar-refractivity contribution in [3.8, 4) is 0 Å². The molecule has 10 heteroatoms. The van der Waals surface area contributed by atoms with Gasteiger partial charge in [-0.05, 0) is 40.7 Å². The van der Waals surface area contributed by atoms with E-state index in [4.69, 9.17) is 4.74 Å². The van der Waals surface area contributed by atoms with E-state index in [-0.39, 0.29) is 36.1 Å². The van der Waals surface area contributed by atoms with E-state index in [2.05, 4.69) is 20.3 Å². The van der Waals surface area contributed by atoms with E-state index in [1.807, 2.05) is 34.6 Å². The first-order chi connectivity index (χ1) is 11.6. The first-order valence-corrected chi connectivity index (χ1v) is 10.6. The summed E-state index contributed by atoms with van der Waals surface area (Å²) in [6.07, 6.45) is 0. The van der Waals surface area contributed by atoms with Crippen molar-refractivity contribution in [1.82, 2.24) is 15.4 Å². The van der Waals surface area contributed by atoms with Crippen LogP contribution in [0.5, 0.6) is 0 Å². The molecular weight excluding hydrogens is 487 g/mol. The molecule has 0 aromatic carbocycles. The number of halogens is 1. The van der Waals surface area contributed by atoms with Crippen molar-refractivity contribution in [2.75, 3.05) is 33.3 Å². The molecule has 7 nitrogen and oxygen atoms in total. The average molecular weight is 518 g/mol. The minimum atomic E-state index is -3.48. The lowest BCUT2D eigenvalue weighted by atomic mass is 10.1. The smallest absolute Gasteiger partial charge is 0.241 e. The summed E-state index contributed by atoms with van der Waals surface area (Å²) < 4.78 is 32.6. The maximum absolute atomic E-state index is 12.3. The van der Waals surface area contributed by atoms with E-state index in [9.17, 15) is 8.42 Å². The van der Waals surface area contributed by atoms with Gasteiger partial charge >= 0.3 is 0 Å². The van der Waals surface area contributed by atoms with Gasteiger partial charge in [-0.25, -0.2) is 13.1 Å². The van der Waals surface area contributed by atoms with E-state index >= 15 is 0 Å². The van der Waals surface area contributed by atoms with E-state index in [1.165, 1.54) is 11.3 Å². The van der Waals surface area contributed by atoms with Crippen LogP contribution in [0.1, 0.15) is 30.5 Å². The molecule has 0 saturated carbocycles. The number of hydrogen-bond donors (Lipinski definition) is 3. The number of nitrogens with one attached hydrogen (secondary N) is 3. The third-order valence-electron chi connectivity index (χ3n) is 3.51. The van der Waals surface area contributed by atoms with E-state index in [0.29, 0.717) is 23.9 Å². The van der Waals surface area contributed by atoms with Crippen LogP contribution in [0.15, 0.2) is 16.0 Å². The zero-order chi connectivity index (χ0) is 19.1. The van der Waals surface area contributed by atoms with Gasteiger partial charge < -0.3 is 15.4 Å². The standard InChI is InChI=1S/C16H30N4O3S2.HI/c1-7-17-15(19-11-16(4,5)23-6)18-8-9-20-25(21,22)14-10-12(2)24-13(14)3;/h10,20H,7-9,11H2,1-6H3,(H2,17,18,19);1H. The highest BCUT2D eigenvalue weighted by molar-refractivity contribution is 14.0. The molecule has 0 unspecified atom stereocenters. The van der Waals surface area contributed by atoms with Gasteiger partial charge in [0.05, 0.1) is 17.0 Å². The highest BCUT2D eigenvalue weighted by Crippen LogP contribution is 2.24. The molecule has 1 aromatic heterocycles. The maximum atomic E-state index is 12.3. The highest BCUT2D eigenvalue weighted by atomic mass is 127. The van der Waals surface area contributed by atoms with Gasteiger partial charge in [-0.15, -0.1) is 35.3 Å². The van der Waals surface area contributed by atoms with Crippen molar-refractivity contribution in [3.05, 3.63) is 15.8 Å². The monoisotopic (exact) mass is 518 g/mol. The molecule has 152 valence electrons. The number of ether oxygens (including phenoxy) is 1. The second kappa shape index (κ2) is 11.4. The van der Waals surface area contributed by atoms with Crippen molar-refractivity contribution in [3.63, 3.8) is 0 Å². The molecule has 0 aliphatic rings. The van der Waals surface area contributed by atoms with Gasteiger partial charge in [0.1, 0.15) is 0 Å². The Balaban J connectivity index is 0.00000625. The average Bonchev–Trinajstić information content (AvgIpc) is 2.88. The lowest BCUT2D eigenvalue weighted by Gasteiger charge is -2.21. The molecule has 0 fully saturated rings. The topological polar surface area (TPSA) is 91.8 Å². The second-order valence-corrected chi connectivity index (χ2v) is 9.46. The van der Waals surface area contributed by atoms with Crippen molar-refractivity contribution < 1.29 is 13.2 Å². The first kappa shape index (κ1) is 25.6. The van der Waals surface area contributed by atoms with Gasteiger partial charge in [-0.3, -0.25) is 4.99 Å². The summed E-state index contributed by atoms with van der Waals surface area (Å²) in [5, 5.41) is 6.25. The van der Waals surface area contributed by atoms with Gasteiger partial charge in [-0.2, -0.15) is 0 Å². The minimum absolute atomic E-state index is 0. The molecule has 1 aromatic rings. The summed E-state index contributed by atoms with van der Waals surface area (Å²) in [5.74, 6) is 0.634. The van der Waals surface area contributed by atoms with Crippen LogP contribution in [-0.2, 0) is 14.8 Å². The molecule has 3 N–H and O–H groups in total. The number of nitrogens with zero attached hydrogens (tertiary/aromatic N) is 1. The van der Waals surface area contributed by atoms with Crippen LogP contribution < -0.4 is 15.4 Å². The molecule has 26 heavy (non-hydrogen) atoms. The lowest BCUT2D eigenvalue weighted by Crippen LogP contribution is -2.42. The quantitative estimate of drug-likeness (QED) is 0.202. The summed E-state index contributed by atoms with van der Waals surface area (Å²) in [5.41, 5.74) is -0.349. The largest absolute Gasteiger partial charge is 0.377 e. The van der Waals surface area contributed by atoms with Gasteiger partial charge in [0.2, 0.25) is 10.0 Å². The number of guanidine groups is 1. The van der Waals surface area contributed by atoms with Crippen molar-refractivity contribution in [2.24, 2.45) is 4.99 Å². The molecule has 1 heterocycles. The Morgan fingerprint density at radius 3 is 2.42 bits per heavy atom. The fraction of sp³-hybridized carbons (Fsp3) is 0.688. The number of rotatable bonds is 9. The number of methoxy groups -OCH3 is 1. The number of sulfonamides is 1. The molecule has 1 rings (SSSR count). The van der Waals surface area contributed by atoms with Crippen LogP contribution in [-0.4, -0.2) is 53.3 Å². The van der Waals surface area contributed by atoms with Crippen molar-refractivity contribution >= 4 is 51.3 Å². The van der Waals surface area contributed by atoms with Crippen LogP contribution in [0.4, 0.5) is 0 Å². The summed E-state index contributed by atoms with van der Waals surface area (Å²) in [7, 11) is -1.83. The third kappa shape index (κ3) is 8.51. The van der Waals surface area contributed by atoms with Crippen LogP contribution in [0.2, 0.25) is 0 Å². The number of thiophene rings is 1. The van der Waals surface area contributed by atoms with Crippen LogP contribution in [0.3, 0.4) is 0 Å². The molecule has 0 radical (unpaired) electrons. The Kier molecular flexibility index (Phi) is 11.2.